The third-order valence-corrected chi connectivity index (χ3v) is 4.63. The molecule has 0 saturated carbocycles. The first-order chi connectivity index (χ1) is 13.4. The van der Waals surface area contributed by atoms with Crippen molar-refractivity contribution in [3.63, 3.8) is 0 Å². The fraction of sp³-hybridized carbons (Fsp3) is 0.0870. The van der Waals surface area contributed by atoms with Crippen molar-refractivity contribution >= 4 is 33.6 Å². The smallest absolute Gasteiger partial charge is 0.335 e. The van der Waals surface area contributed by atoms with Crippen LogP contribution in [0.3, 0.4) is 0 Å². The summed E-state index contributed by atoms with van der Waals surface area (Å²) in [7, 11) is 0. The van der Waals surface area contributed by atoms with Crippen LogP contribution in [0.1, 0.15) is 32.6 Å². The maximum Gasteiger partial charge on any atom is 0.335 e. The molecule has 4 aromatic rings. The first-order valence-corrected chi connectivity index (χ1v) is 8.74. The third kappa shape index (κ3) is 3.12. The Morgan fingerprint density at radius 1 is 1.04 bits per heavy atom. The number of aromatic carboxylic acids is 1. The number of hydrogen-bond donors (Lipinski definition) is 2. The summed E-state index contributed by atoms with van der Waals surface area (Å²) >= 11 is 0. The molecule has 0 amide bonds. The average molecular weight is 367 g/mol. The molecule has 2 aromatic carbocycles. The SMILES string of the molecule is Cc1ccc(C#Cc2cnc3c(N)nc4cc(C(=O)O)ccc4c3c2)c(C)c1. The van der Waals surface area contributed by atoms with Gasteiger partial charge >= 0.3 is 5.97 Å². The Balaban J connectivity index is 1.87. The van der Waals surface area contributed by atoms with Crippen molar-refractivity contribution in [2.45, 2.75) is 13.8 Å². The van der Waals surface area contributed by atoms with Gasteiger partial charge in [-0.3, -0.25) is 4.98 Å². The van der Waals surface area contributed by atoms with E-state index in [2.05, 4.69) is 34.8 Å². The van der Waals surface area contributed by atoms with Gasteiger partial charge in [0.1, 0.15) is 5.52 Å². The highest BCUT2D eigenvalue weighted by molar-refractivity contribution is 6.09. The highest BCUT2D eigenvalue weighted by atomic mass is 16.4. The number of hydrogen-bond acceptors (Lipinski definition) is 4. The second kappa shape index (κ2) is 6.67. The van der Waals surface area contributed by atoms with E-state index >= 15 is 0 Å². The van der Waals surface area contributed by atoms with Gasteiger partial charge in [0.2, 0.25) is 0 Å². The fourth-order valence-electron chi connectivity index (χ4n) is 3.20. The van der Waals surface area contributed by atoms with E-state index in [1.807, 2.05) is 25.1 Å². The molecule has 5 nitrogen and oxygen atoms in total. The van der Waals surface area contributed by atoms with E-state index in [0.717, 1.165) is 27.5 Å². The highest BCUT2D eigenvalue weighted by Crippen LogP contribution is 2.27. The van der Waals surface area contributed by atoms with E-state index in [1.54, 1.807) is 18.3 Å². The summed E-state index contributed by atoms with van der Waals surface area (Å²) in [6, 6.07) is 12.9. The maximum atomic E-state index is 11.2. The lowest BCUT2D eigenvalue weighted by Gasteiger charge is -2.07. The van der Waals surface area contributed by atoms with Crippen LogP contribution in [0.25, 0.3) is 21.8 Å². The molecule has 0 atom stereocenters. The molecule has 4 rings (SSSR count). The molecule has 2 aromatic heterocycles. The zero-order chi connectivity index (χ0) is 19.8. The van der Waals surface area contributed by atoms with E-state index in [4.69, 9.17) is 5.73 Å². The van der Waals surface area contributed by atoms with Gasteiger partial charge in [0, 0.05) is 28.1 Å². The number of carboxylic acids is 1. The molecule has 0 aliphatic heterocycles. The Kier molecular flexibility index (Phi) is 4.17. The number of nitrogens with two attached hydrogens (primary N) is 1. The van der Waals surface area contributed by atoms with Crippen molar-refractivity contribution in [2.24, 2.45) is 0 Å². The van der Waals surface area contributed by atoms with E-state index in [9.17, 15) is 9.90 Å². The molecule has 5 heteroatoms. The van der Waals surface area contributed by atoms with Crippen LogP contribution in [0.2, 0.25) is 0 Å². The second-order valence-corrected chi connectivity index (χ2v) is 6.72. The van der Waals surface area contributed by atoms with Gasteiger partial charge in [0.15, 0.2) is 5.82 Å². The monoisotopic (exact) mass is 367 g/mol. The normalized spacial score (nSPS) is 10.6. The van der Waals surface area contributed by atoms with Crippen LogP contribution < -0.4 is 5.73 Å². The molecule has 3 N–H and O–H groups in total. The van der Waals surface area contributed by atoms with Gasteiger partial charge in [-0.25, -0.2) is 9.78 Å². The molecule has 0 fully saturated rings. The summed E-state index contributed by atoms with van der Waals surface area (Å²) in [5.74, 6) is 5.61. The van der Waals surface area contributed by atoms with Crippen LogP contribution in [-0.2, 0) is 0 Å². The predicted octanol–water partition coefficient (Wildman–Crippen LogP) is 4.08. The minimum atomic E-state index is -1.01. The van der Waals surface area contributed by atoms with Crippen molar-refractivity contribution in [3.8, 4) is 11.8 Å². The lowest BCUT2D eigenvalue weighted by Crippen LogP contribution is -1.99. The second-order valence-electron chi connectivity index (χ2n) is 6.72. The van der Waals surface area contributed by atoms with Crippen LogP contribution >= 0.6 is 0 Å². The summed E-state index contributed by atoms with van der Waals surface area (Å²) < 4.78 is 0. The Hall–Kier alpha value is -3.91. The van der Waals surface area contributed by atoms with Gasteiger partial charge in [-0.05, 0) is 43.7 Å². The number of nitrogen functional groups attached to an aromatic ring is 1. The van der Waals surface area contributed by atoms with Crippen LogP contribution in [0, 0.1) is 25.7 Å². The number of rotatable bonds is 1. The molecular weight excluding hydrogens is 350 g/mol. The number of aromatic nitrogens is 2. The van der Waals surface area contributed by atoms with E-state index in [0.29, 0.717) is 11.0 Å². The summed E-state index contributed by atoms with van der Waals surface area (Å²) in [4.78, 5) is 20.0. The molecule has 2 heterocycles. The van der Waals surface area contributed by atoms with Crippen molar-refractivity contribution in [1.82, 2.24) is 9.97 Å². The minimum absolute atomic E-state index is 0.164. The topological polar surface area (TPSA) is 89.1 Å². The maximum absolute atomic E-state index is 11.2. The Morgan fingerprint density at radius 3 is 2.61 bits per heavy atom. The lowest BCUT2D eigenvalue weighted by molar-refractivity contribution is 0.0697. The van der Waals surface area contributed by atoms with E-state index in [-0.39, 0.29) is 11.4 Å². The molecule has 0 unspecified atom stereocenters. The summed E-state index contributed by atoms with van der Waals surface area (Å²) in [5, 5.41) is 10.8. The molecule has 0 bridgehead atoms. The molecular formula is C23H17N3O2. The van der Waals surface area contributed by atoms with Crippen molar-refractivity contribution in [2.75, 3.05) is 5.73 Å². The molecule has 0 aliphatic carbocycles. The van der Waals surface area contributed by atoms with Crippen LogP contribution in [-0.4, -0.2) is 21.0 Å². The molecule has 0 radical (unpaired) electrons. The number of benzene rings is 2. The van der Waals surface area contributed by atoms with E-state index in [1.165, 1.54) is 11.6 Å². The number of anilines is 1. The number of carbonyl (C=O) groups is 1. The lowest BCUT2D eigenvalue weighted by atomic mass is 10.0. The third-order valence-electron chi connectivity index (χ3n) is 4.63. The number of carboxylic acid groups (broad SMARTS) is 1. The quantitative estimate of drug-likeness (QED) is 0.391. The standard InChI is InChI=1S/C23H17N3O2/c1-13-3-5-16(14(2)9-13)6-4-15-10-19-18-8-7-17(23(27)28)11-20(18)26-22(24)21(19)25-12-15/h3,5,7-12H,1-2H3,(H2,24,26)(H,27,28). The average Bonchev–Trinajstić information content (AvgIpc) is 2.67. The fourth-order valence-corrected chi connectivity index (χ4v) is 3.20. The summed E-state index contributed by atoms with van der Waals surface area (Å²) in [5.41, 5.74) is 11.3. The first kappa shape index (κ1) is 17.5. The van der Waals surface area contributed by atoms with Gasteiger partial charge in [-0.2, -0.15) is 0 Å². The zero-order valence-electron chi connectivity index (χ0n) is 15.4. The number of nitrogens with zero attached hydrogens (tertiary/aromatic N) is 2. The molecule has 28 heavy (non-hydrogen) atoms. The molecule has 0 saturated heterocycles. The number of pyridine rings is 2. The highest BCUT2D eigenvalue weighted by Gasteiger charge is 2.11. The van der Waals surface area contributed by atoms with Gasteiger partial charge in [0.05, 0.1) is 11.1 Å². The van der Waals surface area contributed by atoms with Crippen molar-refractivity contribution in [1.29, 1.82) is 0 Å². The van der Waals surface area contributed by atoms with Crippen LogP contribution in [0.5, 0.6) is 0 Å². The Morgan fingerprint density at radius 2 is 1.86 bits per heavy atom. The van der Waals surface area contributed by atoms with Gasteiger partial charge in [-0.15, -0.1) is 0 Å². The molecule has 136 valence electrons. The largest absolute Gasteiger partial charge is 0.478 e. The predicted molar refractivity (Wildman–Crippen MR) is 110 cm³/mol. The van der Waals surface area contributed by atoms with Crippen LogP contribution in [0.4, 0.5) is 5.82 Å². The van der Waals surface area contributed by atoms with Gasteiger partial charge < -0.3 is 10.8 Å². The van der Waals surface area contributed by atoms with Gasteiger partial charge in [0.25, 0.3) is 0 Å². The Labute approximate surface area is 161 Å². The zero-order valence-corrected chi connectivity index (χ0v) is 15.4. The minimum Gasteiger partial charge on any atom is -0.478 e. The van der Waals surface area contributed by atoms with Crippen molar-refractivity contribution in [3.05, 3.63) is 76.5 Å². The van der Waals surface area contributed by atoms with E-state index < -0.39 is 5.97 Å². The van der Waals surface area contributed by atoms with Gasteiger partial charge in [-0.1, -0.05) is 35.6 Å². The summed E-state index contributed by atoms with van der Waals surface area (Å²) in [6.45, 7) is 4.09. The number of fused-ring (bicyclic) bond motifs is 3. The Bertz CT molecular complexity index is 1330. The summed E-state index contributed by atoms with van der Waals surface area (Å²) in [6.07, 6.45) is 1.67. The first-order valence-electron chi connectivity index (χ1n) is 8.74. The van der Waals surface area contributed by atoms with Crippen molar-refractivity contribution < 1.29 is 9.90 Å². The molecule has 0 aliphatic rings. The van der Waals surface area contributed by atoms with Crippen LogP contribution in [0.15, 0.2) is 48.7 Å². The molecule has 0 spiro atoms. The number of aryl methyl sites for hydroxylation is 2.